The van der Waals surface area contributed by atoms with Crippen LogP contribution >= 0.6 is 11.6 Å². The first-order chi connectivity index (χ1) is 13.2. The number of halogens is 5. The van der Waals surface area contributed by atoms with Crippen molar-refractivity contribution >= 4 is 17.4 Å². The fourth-order valence-corrected chi connectivity index (χ4v) is 2.60. The summed E-state index contributed by atoms with van der Waals surface area (Å²) < 4.78 is 58.3. The van der Waals surface area contributed by atoms with E-state index >= 15 is 0 Å². The molecular formula is C18H12ClF4N3O2. The molecule has 0 aliphatic rings. The van der Waals surface area contributed by atoms with Crippen LogP contribution < -0.4 is 4.74 Å². The van der Waals surface area contributed by atoms with E-state index in [9.17, 15) is 22.4 Å². The predicted octanol–water partition coefficient (Wildman–Crippen LogP) is 4.73. The fourth-order valence-electron chi connectivity index (χ4n) is 2.42. The predicted molar refractivity (Wildman–Crippen MR) is 92.2 cm³/mol. The van der Waals surface area contributed by atoms with Crippen molar-refractivity contribution in [1.82, 2.24) is 15.0 Å². The topological polar surface area (TPSA) is 57.0 Å². The van der Waals surface area contributed by atoms with Gasteiger partial charge in [0.1, 0.15) is 17.3 Å². The number of hydrogen-bond donors (Lipinski definition) is 0. The number of aromatic nitrogens is 3. The van der Waals surface area contributed by atoms with E-state index < -0.39 is 29.4 Å². The van der Waals surface area contributed by atoms with E-state index in [0.717, 1.165) is 22.9 Å². The first-order valence-corrected chi connectivity index (χ1v) is 8.29. The number of benzene rings is 2. The minimum absolute atomic E-state index is 0.00199. The van der Waals surface area contributed by atoms with Gasteiger partial charge in [-0.05, 0) is 43.3 Å². The molecule has 0 unspecified atom stereocenters. The largest absolute Gasteiger partial charge is 0.482 e. The van der Waals surface area contributed by atoms with Gasteiger partial charge in [-0.15, -0.1) is 5.10 Å². The van der Waals surface area contributed by atoms with Gasteiger partial charge >= 0.3 is 6.18 Å². The molecule has 0 N–H and O–H groups in total. The highest BCUT2D eigenvalue weighted by Gasteiger charge is 2.31. The lowest BCUT2D eigenvalue weighted by atomic mass is 10.1. The van der Waals surface area contributed by atoms with Crippen molar-refractivity contribution in [2.75, 3.05) is 0 Å². The molecule has 5 nitrogen and oxygen atoms in total. The normalized spacial score (nSPS) is 12.6. The summed E-state index contributed by atoms with van der Waals surface area (Å²) in [6, 6.07) is 7.92. The summed E-state index contributed by atoms with van der Waals surface area (Å²) in [6.45, 7) is 1.39. The monoisotopic (exact) mass is 413 g/mol. The maximum absolute atomic E-state index is 13.3. The number of nitrogens with zero attached hydrogens (tertiary/aromatic N) is 3. The second kappa shape index (κ2) is 7.59. The van der Waals surface area contributed by atoms with Gasteiger partial charge in [0.25, 0.3) is 0 Å². The molecule has 10 heteroatoms. The van der Waals surface area contributed by atoms with Crippen LogP contribution in [0.1, 0.15) is 23.0 Å². The molecule has 0 radical (unpaired) electrons. The number of alkyl halides is 3. The van der Waals surface area contributed by atoms with Crippen molar-refractivity contribution in [1.29, 1.82) is 0 Å². The summed E-state index contributed by atoms with van der Waals surface area (Å²) in [4.78, 5) is 12.7. The van der Waals surface area contributed by atoms with Crippen molar-refractivity contribution in [2.45, 2.75) is 19.2 Å². The average molecular weight is 414 g/mol. The van der Waals surface area contributed by atoms with E-state index in [0.29, 0.717) is 5.69 Å². The van der Waals surface area contributed by atoms with Crippen molar-refractivity contribution in [3.05, 3.63) is 70.8 Å². The Balaban J connectivity index is 1.83. The van der Waals surface area contributed by atoms with E-state index in [4.69, 9.17) is 16.3 Å². The van der Waals surface area contributed by atoms with Crippen LogP contribution in [0, 0.1) is 5.82 Å². The molecule has 0 amide bonds. The van der Waals surface area contributed by atoms with Crippen LogP contribution in [-0.2, 0) is 6.18 Å². The van der Waals surface area contributed by atoms with Crippen molar-refractivity contribution < 1.29 is 27.1 Å². The molecule has 0 aliphatic carbocycles. The van der Waals surface area contributed by atoms with Crippen LogP contribution in [0.2, 0.25) is 5.02 Å². The first kappa shape index (κ1) is 19.8. The minimum Gasteiger partial charge on any atom is -0.482 e. The summed E-state index contributed by atoms with van der Waals surface area (Å²) >= 11 is 5.75. The third kappa shape index (κ3) is 4.14. The molecule has 3 rings (SSSR count). The van der Waals surface area contributed by atoms with Crippen LogP contribution in [0.15, 0.2) is 48.7 Å². The fraction of sp³-hybridized carbons (Fsp3) is 0.167. The van der Waals surface area contributed by atoms with Crippen molar-refractivity contribution in [2.24, 2.45) is 0 Å². The Bertz CT molecular complexity index is 1020. The quantitative estimate of drug-likeness (QED) is 0.448. The summed E-state index contributed by atoms with van der Waals surface area (Å²) in [5, 5.41) is 7.27. The van der Waals surface area contributed by atoms with E-state index in [1.807, 2.05) is 0 Å². The molecule has 0 bridgehead atoms. The summed E-state index contributed by atoms with van der Waals surface area (Å²) in [5.41, 5.74) is -0.599. The highest BCUT2D eigenvalue weighted by Crippen LogP contribution is 2.31. The van der Waals surface area contributed by atoms with Crippen molar-refractivity contribution in [3.8, 4) is 11.4 Å². The van der Waals surface area contributed by atoms with Crippen LogP contribution in [0.3, 0.4) is 0 Å². The second-order valence-corrected chi connectivity index (χ2v) is 6.19. The van der Waals surface area contributed by atoms with Gasteiger partial charge in [-0.2, -0.15) is 13.2 Å². The van der Waals surface area contributed by atoms with E-state index in [1.54, 1.807) is 0 Å². The molecule has 1 heterocycles. The molecule has 1 aromatic heterocycles. The third-order valence-corrected chi connectivity index (χ3v) is 4.08. The number of ketones is 1. The van der Waals surface area contributed by atoms with Crippen LogP contribution in [0.4, 0.5) is 17.6 Å². The molecule has 0 saturated carbocycles. The van der Waals surface area contributed by atoms with Gasteiger partial charge in [-0.25, -0.2) is 9.07 Å². The number of Topliss-reactive ketones (excluding diaryl/α,β-unsaturated/α-hetero) is 1. The number of carbonyl (C=O) groups excluding carboxylic acids is 1. The smallest absolute Gasteiger partial charge is 0.416 e. The molecule has 28 heavy (non-hydrogen) atoms. The number of carbonyl (C=O) groups is 1. The Morgan fingerprint density at radius 1 is 1.21 bits per heavy atom. The van der Waals surface area contributed by atoms with Gasteiger partial charge in [0.2, 0.25) is 5.78 Å². The first-order valence-electron chi connectivity index (χ1n) is 7.91. The Morgan fingerprint density at radius 3 is 2.64 bits per heavy atom. The third-order valence-electron chi connectivity index (χ3n) is 3.79. The van der Waals surface area contributed by atoms with Gasteiger partial charge in [0.05, 0.1) is 22.5 Å². The van der Waals surface area contributed by atoms with Gasteiger partial charge in [-0.3, -0.25) is 4.79 Å². The summed E-state index contributed by atoms with van der Waals surface area (Å²) in [6.07, 6.45) is -4.49. The Labute approximate surface area is 161 Å². The highest BCUT2D eigenvalue weighted by atomic mass is 35.5. The SMILES string of the molecule is C[C@@H](Oc1cccc(C(F)(F)F)c1)C(=O)c1cnnn1-c1ccc(F)c(Cl)c1. The molecule has 2 aromatic carbocycles. The van der Waals surface area contributed by atoms with Gasteiger partial charge in [0.15, 0.2) is 6.10 Å². The maximum atomic E-state index is 13.3. The molecule has 0 saturated heterocycles. The zero-order chi connectivity index (χ0) is 20.5. The molecule has 3 aromatic rings. The lowest BCUT2D eigenvalue weighted by Gasteiger charge is -2.15. The summed E-state index contributed by atoms with van der Waals surface area (Å²) in [5.74, 6) is -1.33. The Morgan fingerprint density at radius 2 is 1.96 bits per heavy atom. The van der Waals surface area contributed by atoms with Gasteiger partial charge in [0, 0.05) is 0 Å². The Hall–Kier alpha value is -2.94. The number of rotatable bonds is 5. The number of ether oxygens (including phenoxy) is 1. The molecule has 0 spiro atoms. The zero-order valence-electron chi connectivity index (χ0n) is 14.2. The van der Waals surface area contributed by atoms with E-state index in [2.05, 4.69) is 10.3 Å². The number of hydrogen-bond acceptors (Lipinski definition) is 4. The zero-order valence-corrected chi connectivity index (χ0v) is 15.0. The minimum atomic E-state index is -4.53. The van der Waals surface area contributed by atoms with Crippen LogP contribution in [0.5, 0.6) is 5.75 Å². The molecular weight excluding hydrogens is 402 g/mol. The summed E-state index contributed by atoms with van der Waals surface area (Å²) in [7, 11) is 0. The van der Waals surface area contributed by atoms with E-state index in [1.165, 1.54) is 37.4 Å². The van der Waals surface area contributed by atoms with Gasteiger partial charge < -0.3 is 4.74 Å². The maximum Gasteiger partial charge on any atom is 0.416 e. The molecule has 1 atom stereocenters. The van der Waals surface area contributed by atoms with E-state index in [-0.39, 0.29) is 16.5 Å². The highest BCUT2D eigenvalue weighted by molar-refractivity contribution is 6.30. The Kier molecular flexibility index (Phi) is 5.37. The lowest BCUT2D eigenvalue weighted by Crippen LogP contribution is -2.26. The average Bonchev–Trinajstić information content (AvgIpc) is 3.12. The standard InChI is InChI=1S/C18H12ClF4N3O2/c1-10(28-13-4-2-3-11(7-13)18(21,22)23)17(27)16-9-24-25-26(16)12-5-6-15(20)14(19)8-12/h2-10H,1H3/t10-/m1/s1. The van der Waals surface area contributed by atoms with Crippen LogP contribution in [-0.4, -0.2) is 26.9 Å². The van der Waals surface area contributed by atoms with Crippen LogP contribution in [0.25, 0.3) is 5.69 Å². The van der Waals surface area contributed by atoms with Crippen molar-refractivity contribution in [3.63, 3.8) is 0 Å². The lowest BCUT2D eigenvalue weighted by molar-refractivity contribution is -0.137. The molecule has 0 fully saturated rings. The van der Waals surface area contributed by atoms with Gasteiger partial charge in [-0.1, -0.05) is 22.9 Å². The molecule has 0 aliphatic heterocycles. The second-order valence-electron chi connectivity index (χ2n) is 5.78. The molecule has 146 valence electrons.